The van der Waals surface area contributed by atoms with Gasteiger partial charge in [0.1, 0.15) is 12.4 Å². The summed E-state index contributed by atoms with van der Waals surface area (Å²) in [5.41, 5.74) is 2.23. The summed E-state index contributed by atoms with van der Waals surface area (Å²) in [7, 11) is 5.53. The van der Waals surface area contributed by atoms with Gasteiger partial charge >= 0.3 is 0 Å². The van der Waals surface area contributed by atoms with E-state index in [4.69, 9.17) is 21.1 Å². The number of nitrogens with one attached hydrogen (secondary N) is 2. The molecule has 0 fully saturated rings. The van der Waals surface area contributed by atoms with Crippen LogP contribution < -0.4 is 15.4 Å². The summed E-state index contributed by atoms with van der Waals surface area (Å²) in [5, 5.41) is 7.35. The first-order valence-electron chi connectivity index (χ1n) is 9.69. The summed E-state index contributed by atoms with van der Waals surface area (Å²) >= 11 is 6.03. The molecule has 6 nitrogen and oxygen atoms in total. The van der Waals surface area contributed by atoms with E-state index in [9.17, 15) is 0 Å². The lowest BCUT2D eigenvalue weighted by Crippen LogP contribution is -2.36. The molecule has 2 aromatic carbocycles. The molecule has 0 saturated carbocycles. The van der Waals surface area contributed by atoms with Crippen molar-refractivity contribution >= 4 is 41.5 Å². The summed E-state index contributed by atoms with van der Waals surface area (Å²) < 4.78 is 11.0. The quantitative estimate of drug-likeness (QED) is 0.255. The predicted molar refractivity (Wildman–Crippen MR) is 135 cm³/mol. The van der Waals surface area contributed by atoms with Crippen LogP contribution in [0.25, 0.3) is 0 Å². The zero-order valence-corrected chi connectivity index (χ0v) is 20.9. The highest BCUT2D eigenvalue weighted by Gasteiger charge is 2.03. The lowest BCUT2D eigenvalue weighted by molar-refractivity contribution is 0.150. The Bertz CT molecular complexity index is 776. The Labute approximate surface area is 202 Å². The van der Waals surface area contributed by atoms with Gasteiger partial charge in [0.15, 0.2) is 5.96 Å². The molecule has 0 atom stereocenters. The first kappa shape index (κ1) is 26.5. The third-order valence-electron chi connectivity index (χ3n) is 4.35. The fraction of sp³-hybridized carbons (Fsp3) is 0.409. The maximum absolute atomic E-state index is 6.03. The fourth-order valence-corrected chi connectivity index (χ4v) is 2.88. The van der Waals surface area contributed by atoms with Crippen LogP contribution in [0.2, 0.25) is 5.02 Å². The zero-order chi connectivity index (χ0) is 20.9. The maximum Gasteiger partial charge on any atom is 0.191 e. The van der Waals surface area contributed by atoms with Crippen LogP contribution in [0.15, 0.2) is 53.5 Å². The summed E-state index contributed by atoms with van der Waals surface area (Å²) in [6.45, 7) is 4.42. The Kier molecular flexibility index (Phi) is 13.5. The normalized spacial score (nSPS) is 11.2. The van der Waals surface area contributed by atoms with Crippen molar-refractivity contribution in [3.8, 4) is 5.75 Å². The summed E-state index contributed by atoms with van der Waals surface area (Å²) in [6, 6.07) is 15.9. The summed E-state index contributed by atoms with van der Waals surface area (Å²) in [4.78, 5) is 6.46. The van der Waals surface area contributed by atoms with E-state index in [1.807, 2.05) is 42.5 Å². The predicted octanol–water partition coefficient (Wildman–Crippen LogP) is 3.78. The molecule has 8 heteroatoms. The van der Waals surface area contributed by atoms with Gasteiger partial charge in [0.05, 0.1) is 6.61 Å². The molecule has 0 aliphatic rings. The van der Waals surface area contributed by atoms with E-state index in [2.05, 4.69) is 33.6 Å². The van der Waals surface area contributed by atoms with Gasteiger partial charge in [-0.25, -0.2) is 0 Å². The molecule has 0 aromatic heterocycles. The largest absolute Gasteiger partial charge is 0.492 e. The molecule has 0 amide bonds. The molecule has 0 aliphatic carbocycles. The molecule has 0 bridgehead atoms. The number of hydrogen-bond acceptors (Lipinski definition) is 4. The smallest absolute Gasteiger partial charge is 0.191 e. The van der Waals surface area contributed by atoms with Crippen LogP contribution in [0.5, 0.6) is 5.75 Å². The van der Waals surface area contributed by atoms with Crippen molar-refractivity contribution in [1.29, 1.82) is 0 Å². The highest BCUT2D eigenvalue weighted by Crippen LogP contribution is 2.13. The minimum absolute atomic E-state index is 0. The van der Waals surface area contributed by atoms with Crippen LogP contribution in [-0.4, -0.2) is 58.4 Å². The van der Waals surface area contributed by atoms with Crippen molar-refractivity contribution in [2.45, 2.75) is 13.1 Å². The molecule has 0 aliphatic heterocycles. The van der Waals surface area contributed by atoms with Gasteiger partial charge in [-0.1, -0.05) is 35.9 Å². The van der Waals surface area contributed by atoms with Gasteiger partial charge in [-0.2, -0.15) is 0 Å². The van der Waals surface area contributed by atoms with Crippen LogP contribution >= 0.6 is 35.6 Å². The average molecular weight is 547 g/mol. The molecular formula is C22H32ClIN4O2. The zero-order valence-electron chi connectivity index (χ0n) is 17.9. The standard InChI is InChI=1S/C22H31ClN4O2.HI/c1-24-22(25-16-18-6-4-8-20(23)14-18)26-17-19-7-5-9-21(15-19)29-13-11-27(2)10-12-28-3;/h4-9,14-15H,10-13,16-17H2,1-3H3,(H2,24,25,26);1H. The molecule has 2 N–H and O–H groups in total. The number of halogens is 2. The van der Waals surface area contributed by atoms with E-state index in [1.54, 1.807) is 14.2 Å². The van der Waals surface area contributed by atoms with Crippen LogP contribution in [-0.2, 0) is 17.8 Å². The van der Waals surface area contributed by atoms with E-state index >= 15 is 0 Å². The van der Waals surface area contributed by atoms with Gasteiger partial charge < -0.3 is 25.0 Å². The van der Waals surface area contributed by atoms with E-state index in [0.717, 1.165) is 47.6 Å². The van der Waals surface area contributed by atoms with Gasteiger partial charge in [-0.15, -0.1) is 24.0 Å². The van der Waals surface area contributed by atoms with E-state index in [0.29, 0.717) is 19.7 Å². The number of hydrogen-bond donors (Lipinski definition) is 2. The third-order valence-corrected chi connectivity index (χ3v) is 4.58. The van der Waals surface area contributed by atoms with Crippen LogP contribution in [0.1, 0.15) is 11.1 Å². The molecule has 2 rings (SSSR count). The molecule has 0 saturated heterocycles. The second-order valence-corrected chi connectivity index (χ2v) is 7.14. The molecule has 0 radical (unpaired) electrons. The van der Waals surface area contributed by atoms with E-state index in [1.165, 1.54) is 0 Å². The number of guanidine groups is 1. The van der Waals surface area contributed by atoms with Gasteiger partial charge in [0.25, 0.3) is 0 Å². The minimum atomic E-state index is 0. The van der Waals surface area contributed by atoms with Crippen LogP contribution in [0, 0.1) is 0 Å². The Hall–Kier alpha value is -1.55. The number of aliphatic imine (C=N–C) groups is 1. The number of benzene rings is 2. The Balaban J connectivity index is 0.00000450. The molecule has 0 unspecified atom stereocenters. The summed E-state index contributed by atoms with van der Waals surface area (Å²) in [6.07, 6.45) is 0. The number of nitrogens with zero attached hydrogens (tertiary/aromatic N) is 2. The molecule has 0 heterocycles. The minimum Gasteiger partial charge on any atom is -0.492 e. The molecule has 30 heavy (non-hydrogen) atoms. The van der Waals surface area contributed by atoms with Crippen molar-refractivity contribution in [2.24, 2.45) is 4.99 Å². The highest BCUT2D eigenvalue weighted by molar-refractivity contribution is 14.0. The third kappa shape index (κ3) is 10.5. The summed E-state index contributed by atoms with van der Waals surface area (Å²) in [5.74, 6) is 1.60. The van der Waals surface area contributed by atoms with Gasteiger partial charge in [-0.05, 0) is 42.4 Å². The Morgan fingerprint density at radius 2 is 1.63 bits per heavy atom. The fourth-order valence-electron chi connectivity index (χ4n) is 2.66. The molecule has 0 spiro atoms. The molecule has 166 valence electrons. The Morgan fingerprint density at radius 3 is 2.27 bits per heavy atom. The second kappa shape index (κ2) is 15.3. The van der Waals surface area contributed by atoms with Gasteiger partial charge in [-0.3, -0.25) is 4.99 Å². The topological polar surface area (TPSA) is 58.1 Å². The maximum atomic E-state index is 6.03. The van der Waals surface area contributed by atoms with Gasteiger partial charge in [0, 0.05) is 45.4 Å². The van der Waals surface area contributed by atoms with E-state index < -0.39 is 0 Å². The van der Waals surface area contributed by atoms with Crippen molar-refractivity contribution in [3.05, 3.63) is 64.7 Å². The lowest BCUT2D eigenvalue weighted by atomic mass is 10.2. The number of methoxy groups -OCH3 is 1. The number of likely N-dealkylation sites (N-methyl/N-ethyl adjacent to an activating group) is 1. The highest BCUT2D eigenvalue weighted by atomic mass is 127. The molecular weight excluding hydrogens is 515 g/mol. The van der Waals surface area contributed by atoms with Crippen molar-refractivity contribution in [2.75, 3.05) is 47.5 Å². The number of ether oxygens (including phenoxy) is 2. The van der Waals surface area contributed by atoms with Crippen LogP contribution in [0.4, 0.5) is 0 Å². The van der Waals surface area contributed by atoms with E-state index in [-0.39, 0.29) is 24.0 Å². The first-order chi connectivity index (χ1) is 14.1. The first-order valence-corrected chi connectivity index (χ1v) is 10.1. The number of rotatable bonds is 11. The lowest BCUT2D eigenvalue weighted by Gasteiger charge is -2.16. The monoisotopic (exact) mass is 546 g/mol. The van der Waals surface area contributed by atoms with Crippen molar-refractivity contribution < 1.29 is 9.47 Å². The average Bonchev–Trinajstić information content (AvgIpc) is 2.73. The van der Waals surface area contributed by atoms with Gasteiger partial charge in [0.2, 0.25) is 0 Å². The van der Waals surface area contributed by atoms with Crippen molar-refractivity contribution in [1.82, 2.24) is 15.5 Å². The van der Waals surface area contributed by atoms with Crippen LogP contribution in [0.3, 0.4) is 0 Å². The Morgan fingerprint density at radius 1 is 1.00 bits per heavy atom. The SMILES string of the molecule is CN=C(NCc1cccc(Cl)c1)NCc1cccc(OCCN(C)CCOC)c1.I. The van der Waals surface area contributed by atoms with Crippen molar-refractivity contribution in [3.63, 3.8) is 0 Å². The molecule has 2 aromatic rings. The second-order valence-electron chi connectivity index (χ2n) is 6.70.